The van der Waals surface area contributed by atoms with E-state index in [1.807, 2.05) is 0 Å². The van der Waals surface area contributed by atoms with Crippen LogP contribution < -0.4 is 5.32 Å². The Labute approximate surface area is 121 Å². The minimum atomic E-state index is 0.137. The third kappa shape index (κ3) is 2.88. The molecule has 1 aliphatic rings. The molecule has 2 heterocycles. The summed E-state index contributed by atoms with van der Waals surface area (Å²) in [6, 6.07) is 0. The Bertz CT molecular complexity index is 584. The van der Waals surface area contributed by atoms with Gasteiger partial charge in [-0.15, -0.1) is 0 Å². The maximum absolute atomic E-state index is 9.05. The monoisotopic (exact) mass is 294 g/mol. The lowest BCUT2D eigenvalue weighted by molar-refractivity contribution is 0.253. The lowest BCUT2D eigenvalue weighted by atomic mass is 10.0. The van der Waals surface area contributed by atoms with Gasteiger partial charge in [-0.1, -0.05) is 0 Å². The molecule has 1 saturated carbocycles. The molecule has 2 aromatic heterocycles. The van der Waals surface area contributed by atoms with Crippen molar-refractivity contribution in [1.82, 2.24) is 24.5 Å². The second-order valence-corrected chi connectivity index (χ2v) is 5.36. The predicted octanol–water partition coefficient (Wildman–Crippen LogP) is 1.29. The van der Waals surface area contributed by atoms with Crippen LogP contribution in [0.3, 0.4) is 0 Å². The Hall–Kier alpha value is -1.73. The molecule has 0 aromatic carbocycles. The van der Waals surface area contributed by atoms with Gasteiger partial charge < -0.3 is 10.4 Å². The predicted molar refractivity (Wildman–Crippen MR) is 73.8 cm³/mol. The topological polar surface area (TPSA) is 88.8 Å². The van der Waals surface area contributed by atoms with Crippen LogP contribution in [0.5, 0.6) is 0 Å². The number of anilines is 1. The first-order valence-corrected chi connectivity index (χ1v) is 6.83. The van der Waals surface area contributed by atoms with Crippen LogP contribution in [0.4, 0.5) is 5.95 Å². The Balaban J connectivity index is 1.74. The molecule has 0 radical (unpaired) electrons. The summed E-state index contributed by atoms with van der Waals surface area (Å²) in [6.45, 7) is 0.942. The van der Waals surface area contributed by atoms with Crippen LogP contribution in [0.15, 0.2) is 18.7 Å². The quantitative estimate of drug-likeness (QED) is 0.834. The molecule has 0 saturated heterocycles. The van der Waals surface area contributed by atoms with Gasteiger partial charge in [0.05, 0.1) is 0 Å². The van der Waals surface area contributed by atoms with Crippen molar-refractivity contribution < 1.29 is 5.11 Å². The number of halogens is 1. The van der Waals surface area contributed by atoms with Gasteiger partial charge in [-0.3, -0.25) is 4.57 Å². The molecule has 106 valence electrons. The maximum Gasteiger partial charge on any atom is 0.241 e. The Morgan fingerprint density at radius 2 is 2.20 bits per heavy atom. The molecule has 0 atom stereocenters. The highest BCUT2D eigenvalue weighted by atomic mass is 35.5. The molecule has 0 spiro atoms. The number of aliphatic hydroxyl groups excluding tert-OH is 1. The van der Waals surface area contributed by atoms with Gasteiger partial charge in [0.2, 0.25) is 17.2 Å². The summed E-state index contributed by atoms with van der Waals surface area (Å²) in [5, 5.41) is 12.4. The summed E-state index contributed by atoms with van der Waals surface area (Å²) in [4.78, 5) is 16.4. The van der Waals surface area contributed by atoms with Gasteiger partial charge in [0.25, 0.3) is 0 Å². The van der Waals surface area contributed by atoms with E-state index in [9.17, 15) is 0 Å². The number of imidazole rings is 1. The molecule has 0 amide bonds. The van der Waals surface area contributed by atoms with Gasteiger partial charge in [-0.05, 0) is 36.3 Å². The number of nitrogens with one attached hydrogen (secondary N) is 1. The van der Waals surface area contributed by atoms with Crippen LogP contribution in [-0.4, -0.2) is 42.8 Å². The third-order valence-corrected chi connectivity index (χ3v) is 3.72. The van der Waals surface area contributed by atoms with Crippen molar-refractivity contribution in [3.05, 3.63) is 24.0 Å². The summed E-state index contributed by atoms with van der Waals surface area (Å²) in [5.41, 5.74) is 0.184. The molecule has 0 bridgehead atoms. The van der Waals surface area contributed by atoms with Crippen LogP contribution >= 0.6 is 11.6 Å². The Kier molecular flexibility index (Phi) is 3.54. The normalized spacial score (nSPS) is 16.1. The summed E-state index contributed by atoms with van der Waals surface area (Å²) in [7, 11) is 0. The van der Waals surface area contributed by atoms with Crippen LogP contribution in [0.2, 0.25) is 5.28 Å². The van der Waals surface area contributed by atoms with Gasteiger partial charge in [0.15, 0.2) is 0 Å². The van der Waals surface area contributed by atoms with Crippen molar-refractivity contribution in [2.45, 2.75) is 19.3 Å². The number of hydrogen-bond acceptors (Lipinski definition) is 6. The average molecular weight is 295 g/mol. The molecule has 2 N–H and O–H groups in total. The number of hydrogen-bond donors (Lipinski definition) is 2. The molecule has 2 aromatic rings. The van der Waals surface area contributed by atoms with Crippen molar-refractivity contribution in [2.75, 3.05) is 18.5 Å². The fourth-order valence-electron chi connectivity index (χ4n) is 2.11. The zero-order valence-corrected chi connectivity index (χ0v) is 11.6. The maximum atomic E-state index is 9.05. The summed E-state index contributed by atoms with van der Waals surface area (Å²) < 4.78 is 1.67. The fourth-order valence-corrected chi connectivity index (χ4v) is 2.26. The van der Waals surface area contributed by atoms with E-state index >= 15 is 0 Å². The molecule has 7 nitrogen and oxygen atoms in total. The van der Waals surface area contributed by atoms with E-state index in [0.29, 0.717) is 11.9 Å². The Morgan fingerprint density at radius 3 is 2.85 bits per heavy atom. The second kappa shape index (κ2) is 5.34. The van der Waals surface area contributed by atoms with Crippen molar-refractivity contribution in [2.24, 2.45) is 5.41 Å². The minimum absolute atomic E-state index is 0.137. The minimum Gasteiger partial charge on any atom is -0.396 e. The largest absolute Gasteiger partial charge is 0.396 e. The van der Waals surface area contributed by atoms with E-state index in [2.05, 4.69) is 25.3 Å². The molecule has 3 rings (SSSR count). The molecule has 0 aliphatic heterocycles. The average Bonchev–Trinajstić information content (AvgIpc) is 2.99. The van der Waals surface area contributed by atoms with Gasteiger partial charge in [-0.2, -0.15) is 15.0 Å². The van der Waals surface area contributed by atoms with E-state index in [0.717, 1.165) is 25.8 Å². The first-order chi connectivity index (χ1) is 9.71. The summed E-state index contributed by atoms with van der Waals surface area (Å²) in [6.07, 6.45) is 8.02. The Morgan fingerprint density at radius 1 is 1.35 bits per heavy atom. The van der Waals surface area contributed by atoms with Gasteiger partial charge >= 0.3 is 0 Å². The second-order valence-electron chi connectivity index (χ2n) is 5.03. The summed E-state index contributed by atoms with van der Waals surface area (Å²) >= 11 is 5.92. The fraction of sp³-hybridized carbons (Fsp3) is 0.500. The van der Waals surface area contributed by atoms with Gasteiger partial charge in [0, 0.05) is 25.5 Å². The highest BCUT2D eigenvalue weighted by molar-refractivity contribution is 6.28. The highest BCUT2D eigenvalue weighted by Crippen LogP contribution is 2.48. The van der Waals surface area contributed by atoms with Crippen LogP contribution in [0, 0.1) is 5.41 Å². The molecular formula is C12H15ClN6O. The zero-order valence-electron chi connectivity index (χ0n) is 10.8. The first-order valence-electron chi connectivity index (χ1n) is 6.45. The van der Waals surface area contributed by atoms with Crippen LogP contribution in [0.25, 0.3) is 5.95 Å². The molecule has 1 aliphatic carbocycles. The third-order valence-electron chi connectivity index (χ3n) is 3.55. The van der Waals surface area contributed by atoms with Crippen molar-refractivity contribution in [3.63, 3.8) is 0 Å². The van der Waals surface area contributed by atoms with Crippen molar-refractivity contribution >= 4 is 17.5 Å². The first kappa shape index (κ1) is 13.3. The highest BCUT2D eigenvalue weighted by Gasteiger charge is 2.41. The number of rotatable bonds is 6. The van der Waals surface area contributed by atoms with Crippen molar-refractivity contribution in [3.8, 4) is 5.95 Å². The van der Waals surface area contributed by atoms with E-state index in [-0.39, 0.29) is 17.3 Å². The number of aliphatic hydroxyl groups is 1. The van der Waals surface area contributed by atoms with E-state index in [1.54, 1.807) is 23.3 Å². The molecule has 20 heavy (non-hydrogen) atoms. The van der Waals surface area contributed by atoms with E-state index < -0.39 is 0 Å². The summed E-state index contributed by atoms with van der Waals surface area (Å²) in [5.74, 6) is 0.870. The number of nitrogens with zero attached hydrogens (tertiary/aromatic N) is 5. The van der Waals surface area contributed by atoms with Crippen LogP contribution in [0.1, 0.15) is 19.3 Å². The zero-order chi connectivity index (χ0) is 14.0. The van der Waals surface area contributed by atoms with Gasteiger partial charge in [-0.25, -0.2) is 4.98 Å². The lowest BCUT2D eigenvalue weighted by Crippen LogP contribution is -2.19. The SMILES string of the molecule is OCCC1(CNc2nc(Cl)nc(-n3ccnc3)n2)CC1. The van der Waals surface area contributed by atoms with Gasteiger partial charge in [0.1, 0.15) is 6.33 Å². The molecule has 8 heteroatoms. The van der Waals surface area contributed by atoms with Crippen LogP contribution in [-0.2, 0) is 0 Å². The standard InChI is InChI=1S/C12H15ClN6O/c13-9-16-10(15-7-12(1-2-12)3-6-20)18-11(17-9)19-5-4-14-8-19/h4-5,8,20H,1-3,6-7H2,(H,15,16,17,18). The smallest absolute Gasteiger partial charge is 0.241 e. The van der Waals surface area contributed by atoms with E-state index in [4.69, 9.17) is 16.7 Å². The number of aromatic nitrogens is 5. The molecule has 1 fully saturated rings. The van der Waals surface area contributed by atoms with Crippen molar-refractivity contribution in [1.29, 1.82) is 0 Å². The lowest BCUT2D eigenvalue weighted by Gasteiger charge is -2.14. The molecular weight excluding hydrogens is 280 g/mol. The molecule has 0 unspecified atom stereocenters. The van der Waals surface area contributed by atoms with E-state index in [1.165, 1.54) is 0 Å².